The van der Waals surface area contributed by atoms with Crippen molar-refractivity contribution in [3.05, 3.63) is 51.6 Å². The molecule has 1 aliphatic rings. The molecule has 1 amide bonds. The minimum atomic E-state index is -0.376. The number of carbonyl (C=O) groups excluding carboxylic acids is 1. The number of hydrogen-bond donors (Lipinski definition) is 1. The van der Waals surface area contributed by atoms with E-state index in [1.165, 1.54) is 0 Å². The van der Waals surface area contributed by atoms with E-state index in [-0.39, 0.29) is 17.0 Å². The lowest BCUT2D eigenvalue weighted by molar-refractivity contribution is 0.0302. The van der Waals surface area contributed by atoms with Gasteiger partial charge in [-0.3, -0.25) is 9.59 Å². The van der Waals surface area contributed by atoms with Gasteiger partial charge in [-0.25, -0.2) is 0 Å². The molecule has 26 heavy (non-hydrogen) atoms. The summed E-state index contributed by atoms with van der Waals surface area (Å²) in [5, 5.41) is 4.78. The third-order valence-electron chi connectivity index (χ3n) is 4.69. The van der Waals surface area contributed by atoms with Crippen LogP contribution in [0.25, 0.3) is 22.0 Å². The Morgan fingerprint density at radius 2 is 1.96 bits per heavy atom. The second kappa shape index (κ2) is 6.42. The van der Waals surface area contributed by atoms with Crippen LogP contribution in [0.4, 0.5) is 0 Å². The summed E-state index contributed by atoms with van der Waals surface area (Å²) in [5.74, 6) is 0.468. The number of morpholine rings is 1. The van der Waals surface area contributed by atoms with Gasteiger partial charge in [0, 0.05) is 24.2 Å². The summed E-state index contributed by atoms with van der Waals surface area (Å²) in [6.45, 7) is 5.72. The highest BCUT2D eigenvalue weighted by Gasteiger charge is 2.21. The molecule has 0 aliphatic carbocycles. The SMILES string of the molecule is Cc1noc(C)c1-c1ccc2[nH]c(=O)c(C(=O)N3CCOCC3)cc2c1. The maximum atomic E-state index is 12.7. The number of aryl methyl sites for hydroxylation is 2. The molecular formula is C19H19N3O4. The second-order valence-corrected chi connectivity index (χ2v) is 6.42. The molecule has 134 valence electrons. The smallest absolute Gasteiger partial charge is 0.261 e. The minimum Gasteiger partial charge on any atom is -0.378 e. The molecule has 1 aliphatic heterocycles. The van der Waals surface area contributed by atoms with Crippen LogP contribution in [-0.4, -0.2) is 47.3 Å². The molecule has 1 aromatic carbocycles. The number of carbonyl (C=O) groups is 1. The zero-order valence-electron chi connectivity index (χ0n) is 14.7. The summed E-state index contributed by atoms with van der Waals surface area (Å²) in [7, 11) is 0. The van der Waals surface area contributed by atoms with Crippen molar-refractivity contribution in [2.45, 2.75) is 13.8 Å². The van der Waals surface area contributed by atoms with Crippen LogP contribution in [0.2, 0.25) is 0 Å². The number of pyridine rings is 1. The maximum Gasteiger partial charge on any atom is 0.261 e. The van der Waals surface area contributed by atoms with Crippen molar-refractivity contribution in [1.29, 1.82) is 0 Å². The van der Waals surface area contributed by atoms with Crippen LogP contribution >= 0.6 is 0 Å². The van der Waals surface area contributed by atoms with Crippen molar-refractivity contribution >= 4 is 16.8 Å². The van der Waals surface area contributed by atoms with Gasteiger partial charge in [-0.1, -0.05) is 11.2 Å². The Labute approximate surface area is 149 Å². The summed E-state index contributed by atoms with van der Waals surface area (Å²) < 4.78 is 10.5. The number of nitrogens with one attached hydrogen (secondary N) is 1. The Bertz CT molecular complexity index is 1030. The van der Waals surface area contributed by atoms with Crippen molar-refractivity contribution in [1.82, 2.24) is 15.0 Å². The van der Waals surface area contributed by atoms with Crippen LogP contribution in [0.5, 0.6) is 0 Å². The van der Waals surface area contributed by atoms with Gasteiger partial charge in [-0.05, 0) is 43.0 Å². The van der Waals surface area contributed by atoms with Crippen molar-refractivity contribution in [2.75, 3.05) is 26.3 Å². The topological polar surface area (TPSA) is 88.4 Å². The first-order valence-electron chi connectivity index (χ1n) is 8.52. The largest absolute Gasteiger partial charge is 0.378 e. The zero-order valence-corrected chi connectivity index (χ0v) is 14.7. The minimum absolute atomic E-state index is 0.148. The highest BCUT2D eigenvalue weighted by atomic mass is 16.5. The third kappa shape index (κ3) is 2.80. The van der Waals surface area contributed by atoms with Crippen molar-refractivity contribution in [3.63, 3.8) is 0 Å². The lowest BCUT2D eigenvalue weighted by Gasteiger charge is -2.26. The summed E-state index contributed by atoms with van der Waals surface area (Å²) in [4.78, 5) is 29.5. The van der Waals surface area contributed by atoms with E-state index in [0.29, 0.717) is 31.8 Å². The normalized spacial score (nSPS) is 14.8. The Balaban J connectivity index is 1.79. The molecule has 0 atom stereocenters. The predicted molar refractivity (Wildman–Crippen MR) is 96.3 cm³/mol. The molecule has 0 saturated carbocycles. The van der Waals surface area contributed by atoms with Crippen LogP contribution in [0.15, 0.2) is 33.6 Å². The zero-order chi connectivity index (χ0) is 18.3. The van der Waals surface area contributed by atoms with Crippen LogP contribution in [0.3, 0.4) is 0 Å². The first-order valence-corrected chi connectivity index (χ1v) is 8.52. The van der Waals surface area contributed by atoms with Gasteiger partial charge >= 0.3 is 0 Å². The number of aromatic amines is 1. The Kier molecular flexibility index (Phi) is 4.08. The number of nitrogens with zero attached hydrogens (tertiary/aromatic N) is 2. The van der Waals surface area contributed by atoms with Crippen LogP contribution in [0, 0.1) is 13.8 Å². The molecule has 7 nitrogen and oxygen atoms in total. The van der Waals surface area contributed by atoms with Gasteiger partial charge in [-0.2, -0.15) is 0 Å². The van der Waals surface area contributed by atoms with Crippen LogP contribution in [0.1, 0.15) is 21.8 Å². The number of fused-ring (bicyclic) bond motifs is 1. The number of rotatable bonds is 2. The van der Waals surface area contributed by atoms with Gasteiger partial charge < -0.3 is 19.1 Å². The molecule has 2 aromatic heterocycles. The van der Waals surface area contributed by atoms with Gasteiger partial charge in [0.15, 0.2) is 0 Å². The van der Waals surface area contributed by atoms with Gasteiger partial charge in [0.2, 0.25) is 0 Å². The van der Waals surface area contributed by atoms with Crippen LogP contribution in [-0.2, 0) is 4.74 Å². The number of ether oxygens (including phenoxy) is 1. The van der Waals surface area contributed by atoms with E-state index in [4.69, 9.17) is 9.26 Å². The van der Waals surface area contributed by atoms with Crippen molar-refractivity contribution in [2.24, 2.45) is 0 Å². The molecule has 1 saturated heterocycles. The van der Waals surface area contributed by atoms with Crippen molar-refractivity contribution in [3.8, 4) is 11.1 Å². The van der Waals surface area contributed by atoms with E-state index in [9.17, 15) is 9.59 Å². The predicted octanol–water partition coefficient (Wildman–Crippen LogP) is 2.27. The number of H-pyrrole nitrogens is 1. The average Bonchev–Trinajstić information content (AvgIpc) is 2.99. The fourth-order valence-corrected chi connectivity index (χ4v) is 3.35. The maximum absolute atomic E-state index is 12.7. The van der Waals surface area contributed by atoms with E-state index in [0.717, 1.165) is 28.0 Å². The molecule has 4 rings (SSSR count). The summed E-state index contributed by atoms with van der Waals surface area (Å²) >= 11 is 0. The molecule has 1 N–H and O–H groups in total. The molecule has 0 bridgehead atoms. The first kappa shape index (κ1) is 16.5. The first-order chi connectivity index (χ1) is 12.5. The second-order valence-electron chi connectivity index (χ2n) is 6.42. The number of aromatic nitrogens is 2. The van der Waals surface area contributed by atoms with E-state index < -0.39 is 0 Å². The highest BCUT2D eigenvalue weighted by Crippen LogP contribution is 2.29. The molecule has 1 fully saturated rings. The monoisotopic (exact) mass is 353 g/mol. The average molecular weight is 353 g/mol. The fourth-order valence-electron chi connectivity index (χ4n) is 3.35. The molecule has 0 unspecified atom stereocenters. The van der Waals surface area contributed by atoms with E-state index in [1.54, 1.807) is 11.0 Å². The standard InChI is InChI=1S/C19H19N3O4/c1-11-17(12(2)26-21-11)13-3-4-16-14(9-13)10-15(18(23)20-16)19(24)22-5-7-25-8-6-22/h3-4,9-10H,5-8H2,1-2H3,(H,20,23). The summed E-state index contributed by atoms with van der Waals surface area (Å²) in [6, 6.07) is 7.34. The summed E-state index contributed by atoms with van der Waals surface area (Å²) in [5.41, 5.74) is 3.12. The molecular weight excluding hydrogens is 334 g/mol. The van der Waals surface area contributed by atoms with Gasteiger partial charge in [0.05, 0.1) is 18.9 Å². The molecule has 3 heterocycles. The molecule has 0 radical (unpaired) electrons. The Morgan fingerprint density at radius 3 is 2.65 bits per heavy atom. The molecule has 0 spiro atoms. The quantitative estimate of drug-likeness (QED) is 0.763. The van der Waals surface area contributed by atoms with Gasteiger partial charge in [-0.15, -0.1) is 0 Å². The van der Waals surface area contributed by atoms with E-state index in [2.05, 4.69) is 10.1 Å². The molecule has 3 aromatic rings. The number of benzene rings is 1. The summed E-state index contributed by atoms with van der Waals surface area (Å²) in [6.07, 6.45) is 0. The van der Waals surface area contributed by atoms with Crippen molar-refractivity contribution < 1.29 is 14.1 Å². The Morgan fingerprint density at radius 1 is 1.19 bits per heavy atom. The third-order valence-corrected chi connectivity index (χ3v) is 4.69. The van der Waals surface area contributed by atoms with Crippen LogP contribution < -0.4 is 5.56 Å². The van der Waals surface area contributed by atoms with E-state index in [1.807, 2.05) is 32.0 Å². The van der Waals surface area contributed by atoms with Gasteiger partial charge in [0.25, 0.3) is 11.5 Å². The highest BCUT2D eigenvalue weighted by molar-refractivity contribution is 5.98. The molecule has 7 heteroatoms. The number of hydrogen-bond acceptors (Lipinski definition) is 5. The lowest BCUT2D eigenvalue weighted by Crippen LogP contribution is -2.42. The number of amides is 1. The lowest BCUT2D eigenvalue weighted by atomic mass is 10.0. The fraction of sp³-hybridized carbons (Fsp3) is 0.316. The van der Waals surface area contributed by atoms with E-state index >= 15 is 0 Å². The van der Waals surface area contributed by atoms with Gasteiger partial charge in [0.1, 0.15) is 11.3 Å². The Hall–Kier alpha value is -2.93.